The van der Waals surface area contributed by atoms with Crippen LogP contribution in [0.5, 0.6) is 0 Å². The number of carboxylic acids is 1. The van der Waals surface area contributed by atoms with Crippen molar-refractivity contribution in [2.24, 2.45) is 0 Å². The standard InChI is InChI=1S/C13H15F2NO2S/c1-13(3-2-4-19-13)7-16-11-9(14)5-8(12(17)18)6-10(11)15/h5-6,16H,2-4,7H2,1H3,(H,17,18). The predicted octanol–water partition coefficient (Wildman–Crippen LogP) is 3.36. The molecule has 19 heavy (non-hydrogen) atoms. The van der Waals surface area contributed by atoms with Crippen LogP contribution >= 0.6 is 11.8 Å². The second-order valence-corrected chi connectivity index (χ2v) is 6.56. The summed E-state index contributed by atoms with van der Waals surface area (Å²) in [6, 6.07) is 1.66. The zero-order valence-electron chi connectivity index (χ0n) is 10.5. The summed E-state index contributed by atoms with van der Waals surface area (Å²) in [5.41, 5.74) is -0.638. The zero-order valence-corrected chi connectivity index (χ0v) is 11.3. The molecule has 0 amide bonds. The van der Waals surface area contributed by atoms with Gasteiger partial charge in [-0.25, -0.2) is 13.6 Å². The largest absolute Gasteiger partial charge is 0.478 e. The third-order valence-corrected chi connectivity index (χ3v) is 4.77. The van der Waals surface area contributed by atoms with Crippen LogP contribution in [0.4, 0.5) is 14.5 Å². The smallest absolute Gasteiger partial charge is 0.335 e. The Morgan fingerprint density at radius 3 is 2.58 bits per heavy atom. The molecule has 2 N–H and O–H groups in total. The van der Waals surface area contributed by atoms with Crippen LogP contribution in [-0.2, 0) is 0 Å². The highest BCUT2D eigenvalue weighted by Gasteiger charge is 2.29. The highest BCUT2D eigenvalue weighted by molar-refractivity contribution is 8.00. The number of nitrogens with one attached hydrogen (secondary N) is 1. The maximum Gasteiger partial charge on any atom is 0.335 e. The van der Waals surface area contributed by atoms with Gasteiger partial charge in [0.15, 0.2) is 0 Å². The third kappa shape index (κ3) is 3.18. The van der Waals surface area contributed by atoms with Gasteiger partial charge in [0.05, 0.1) is 5.56 Å². The van der Waals surface area contributed by atoms with E-state index in [0.717, 1.165) is 30.7 Å². The molecule has 1 aromatic rings. The molecule has 1 fully saturated rings. The monoisotopic (exact) mass is 287 g/mol. The molecule has 1 heterocycles. The fourth-order valence-electron chi connectivity index (χ4n) is 2.12. The number of hydrogen-bond acceptors (Lipinski definition) is 3. The minimum atomic E-state index is -1.34. The van der Waals surface area contributed by atoms with Gasteiger partial charge in [-0.3, -0.25) is 0 Å². The molecule has 1 aliphatic rings. The summed E-state index contributed by atoms with van der Waals surface area (Å²) in [5.74, 6) is -2.03. The second-order valence-electron chi connectivity index (χ2n) is 4.88. The van der Waals surface area contributed by atoms with Crippen LogP contribution in [0.3, 0.4) is 0 Å². The zero-order chi connectivity index (χ0) is 14.0. The van der Waals surface area contributed by atoms with Gasteiger partial charge in [0.25, 0.3) is 0 Å². The summed E-state index contributed by atoms with van der Waals surface area (Å²) in [5, 5.41) is 11.5. The lowest BCUT2D eigenvalue weighted by molar-refractivity contribution is 0.0696. The molecule has 3 nitrogen and oxygen atoms in total. The molecule has 0 spiro atoms. The van der Waals surface area contributed by atoms with E-state index in [2.05, 4.69) is 12.2 Å². The lowest BCUT2D eigenvalue weighted by Gasteiger charge is -2.24. The van der Waals surface area contributed by atoms with Crippen molar-refractivity contribution in [1.29, 1.82) is 0 Å². The van der Waals surface area contributed by atoms with E-state index in [-0.39, 0.29) is 16.0 Å². The first-order valence-corrected chi connectivity index (χ1v) is 7.00. The van der Waals surface area contributed by atoms with Crippen molar-refractivity contribution in [3.8, 4) is 0 Å². The highest BCUT2D eigenvalue weighted by atomic mass is 32.2. The van der Waals surface area contributed by atoms with Crippen molar-refractivity contribution in [2.75, 3.05) is 17.6 Å². The minimum Gasteiger partial charge on any atom is -0.478 e. The SMILES string of the molecule is CC1(CNc2c(F)cc(C(=O)O)cc2F)CCCS1. The molecular weight excluding hydrogens is 272 g/mol. The number of carboxylic acid groups (broad SMARTS) is 1. The fraction of sp³-hybridized carbons (Fsp3) is 0.462. The number of rotatable bonds is 4. The molecule has 1 aliphatic heterocycles. The minimum absolute atomic E-state index is 0.0235. The van der Waals surface area contributed by atoms with E-state index in [1.165, 1.54) is 0 Å². The molecule has 1 atom stereocenters. The van der Waals surface area contributed by atoms with Crippen LogP contribution in [0.2, 0.25) is 0 Å². The number of aromatic carboxylic acids is 1. The van der Waals surface area contributed by atoms with Gasteiger partial charge in [-0.1, -0.05) is 0 Å². The van der Waals surface area contributed by atoms with E-state index >= 15 is 0 Å². The first kappa shape index (κ1) is 14.1. The van der Waals surface area contributed by atoms with E-state index in [1.807, 2.05) is 0 Å². The molecule has 1 unspecified atom stereocenters. The van der Waals surface area contributed by atoms with E-state index < -0.39 is 17.6 Å². The van der Waals surface area contributed by atoms with Gasteiger partial charge in [0, 0.05) is 11.3 Å². The first-order valence-electron chi connectivity index (χ1n) is 6.01. The molecular formula is C13H15F2NO2S. The van der Waals surface area contributed by atoms with Crippen molar-refractivity contribution in [1.82, 2.24) is 0 Å². The molecule has 2 rings (SSSR count). The van der Waals surface area contributed by atoms with Gasteiger partial charge in [0.1, 0.15) is 17.3 Å². The van der Waals surface area contributed by atoms with E-state index in [0.29, 0.717) is 6.54 Å². The van der Waals surface area contributed by atoms with E-state index in [4.69, 9.17) is 5.11 Å². The molecule has 0 bridgehead atoms. The lowest BCUT2D eigenvalue weighted by Crippen LogP contribution is -2.27. The molecule has 1 aromatic carbocycles. The maximum absolute atomic E-state index is 13.7. The normalized spacial score (nSPS) is 22.5. The predicted molar refractivity (Wildman–Crippen MR) is 71.9 cm³/mol. The number of halogens is 2. The Hall–Kier alpha value is -1.30. The van der Waals surface area contributed by atoms with Gasteiger partial charge in [-0.15, -0.1) is 0 Å². The Bertz CT molecular complexity index is 478. The Morgan fingerprint density at radius 1 is 1.47 bits per heavy atom. The summed E-state index contributed by atoms with van der Waals surface area (Å²) >= 11 is 1.78. The average Bonchev–Trinajstić information content (AvgIpc) is 2.75. The maximum atomic E-state index is 13.7. The fourth-order valence-corrected chi connectivity index (χ4v) is 3.36. The van der Waals surface area contributed by atoms with E-state index in [1.54, 1.807) is 11.8 Å². The van der Waals surface area contributed by atoms with Crippen molar-refractivity contribution < 1.29 is 18.7 Å². The summed E-state index contributed by atoms with van der Waals surface area (Å²) < 4.78 is 27.4. The summed E-state index contributed by atoms with van der Waals surface area (Å²) in [7, 11) is 0. The lowest BCUT2D eigenvalue weighted by atomic mass is 10.1. The van der Waals surface area contributed by atoms with Crippen LogP contribution in [0.15, 0.2) is 12.1 Å². The van der Waals surface area contributed by atoms with Crippen molar-refractivity contribution in [3.05, 3.63) is 29.3 Å². The first-order chi connectivity index (χ1) is 8.91. The molecule has 0 saturated carbocycles. The number of benzene rings is 1. The van der Waals surface area contributed by atoms with Crippen LogP contribution < -0.4 is 5.32 Å². The van der Waals surface area contributed by atoms with Crippen LogP contribution in [0.25, 0.3) is 0 Å². The molecule has 1 saturated heterocycles. The van der Waals surface area contributed by atoms with E-state index in [9.17, 15) is 13.6 Å². The van der Waals surface area contributed by atoms with Crippen LogP contribution in [0.1, 0.15) is 30.1 Å². The van der Waals surface area contributed by atoms with Gasteiger partial charge < -0.3 is 10.4 Å². The third-order valence-electron chi connectivity index (χ3n) is 3.23. The highest BCUT2D eigenvalue weighted by Crippen LogP contribution is 2.38. The van der Waals surface area contributed by atoms with Crippen molar-refractivity contribution in [3.63, 3.8) is 0 Å². The molecule has 0 aliphatic carbocycles. The van der Waals surface area contributed by atoms with Gasteiger partial charge in [-0.2, -0.15) is 11.8 Å². The molecule has 0 radical (unpaired) electrons. The molecule has 6 heteroatoms. The van der Waals surface area contributed by atoms with Gasteiger partial charge in [0.2, 0.25) is 0 Å². The Labute approximate surface area is 114 Å². The van der Waals surface area contributed by atoms with Gasteiger partial charge >= 0.3 is 5.97 Å². The molecule has 104 valence electrons. The Morgan fingerprint density at radius 2 is 2.11 bits per heavy atom. The topological polar surface area (TPSA) is 49.3 Å². The number of thioether (sulfide) groups is 1. The summed E-state index contributed by atoms with van der Waals surface area (Å²) in [6.07, 6.45) is 2.10. The van der Waals surface area contributed by atoms with Crippen molar-refractivity contribution >= 4 is 23.4 Å². The Balaban J connectivity index is 2.14. The van der Waals surface area contributed by atoms with Gasteiger partial charge in [-0.05, 0) is 37.7 Å². The van der Waals surface area contributed by atoms with Crippen LogP contribution in [0, 0.1) is 11.6 Å². The Kier molecular flexibility index (Phi) is 3.99. The quantitative estimate of drug-likeness (QED) is 0.891. The summed E-state index contributed by atoms with van der Waals surface area (Å²) in [4.78, 5) is 10.7. The average molecular weight is 287 g/mol. The van der Waals surface area contributed by atoms with Crippen molar-refractivity contribution in [2.45, 2.75) is 24.5 Å². The number of carbonyl (C=O) groups is 1. The second kappa shape index (κ2) is 5.36. The summed E-state index contributed by atoms with van der Waals surface area (Å²) in [6.45, 7) is 2.51. The number of anilines is 1. The molecule has 0 aromatic heterocycles. The van der Waals surface area contributed by atoms with Crippen LogP contribution in [-0.4, -0.2) is 28.1 Å². The number of hydrogen-bond donors (Lipinski definition) is 2.